The van der Waals surface area contributed by atoms with Crippen LogP contribution in [-0.2, 0) is 4.74 Å². The molecule has 2 aromatic carbocycles. The Balaban J connectivity index is 1.70. The van der Waals surface area contributed by atoms with Crippen LogP contribution < -0.4 is 15.5 Å². The molecule has 2 aromatic rings. The molecule has 1 saturated heterocycles. The van der Waals surface area contributed by atoms with E-state index in [-0.39, 0.29) is 6.04 Å². The second kappa shape index (κ2) is 9.51. The summed E-state index contributed by atoms with van der Waals surface area (Å²) in [5.41, 5.74) is 4.44. The van der Waals surface area contributed by atoms with Crippen LogP contribution in [-0.4, -0.2) is 38.0 Å². The maximum atomic E-state index is 6.22. The third kappa shape index (κ3) is 5.91. The summed E-state index contributed by atoms with van der Waals surface area (Å²) in [4.78, 5) is 1.53. The summed E-state index contributed by atoms with van der Waals surface area (Å²) in [5.74, 6) is 0. The Morgan fingerprint density at radius 1 is 1.15 bits per heavy atom. The van der Waals surface area contributed by atoms with E-state index in [9.17, 15) is 0 Å². The van der Waals surface area contributed by atoms with Gasteiger partial charge in [-0.2, -0.15) is 0 Å². The predicted octanol–water partition coefficient (Wildman–Crippen LogP) is 2.90. The van der Waals surface area contributed by atoms with E-state index in [4.69, 9.17) is 28.6 Å². The lowest BCUT2D eigenvalue weighted by atomic mass is 10.0. The van der Waals surface area contributed by atoms with E-state index in [1.54, 1.807) is 0 Å². The van der Waals surface area contributed by atoms with Crippen LogP contribution in [0, 0.1) is 13.8 Å². The summed E-state index contributed by atoms with van der Waals surface area (Å²) in [5, 5.41) is 8.10. The summed E-state index contributed by atoms with van der Waals surface area (Å²) >= 11 is 11.8. The van der Waals surface area contributed by atoms with Gasteiger partial charge in [0.25, 0.3) is 0 Å². The molecule has 0 saturated carbocycles. The molecule has 0 spiro atoms. The van der Waals surface area contributed by atoms with Gasteiger partial charge in [0.05, 0.1) is 13.2 Å². The fourth-order valence-electron chi connectivity index (χ4n) is 3.20. The molecular weight excluding hydrogens is 378 g/mol. The van der Waals surface area contributed by atoms with Gasteiger partial charge in [0.2, 0.25) is 0 Å². The van der Waals surface area contributed by atoms with E-state index in [0.29, 0.717) is 5.11 Å². The van der Waals surface area contributed by atoms with Crippen LogP contribution in [0.4, 0.5) is 5.69 Å². The first kappa shape index (κ1) is 20.1. The molecule has 6 heteroatoms. The first-order valence-electron chi connectivity index (χ1n) is 9.33. The van der Waals surface area contributed by atoms with Crippen molar-refractivity contribution in [1.29, 1.82) is 0 Å². The first-order valence-corrected chi connectivity index (χ1v) is 10.1. The van der Waals surface area contributed by atoms with Gasteiger partial charge in [0.15, 0.2) is 5.11 Å². The van der Waals surface area contributed by atoms with Crippen molar-refractivity contribution in [3.8, 4) is 0 Å². The van der Waals surface area contributed by atoms with Gasteiger partial charge in [0, 0.05) is 10.7 Å². The molecule has 3 N–H and O–H groups in total. The standard InChI is InChI=1S/C21H26ClN3OS/c1-15-3-6-17(7-4-15)20(14-25-9-11-26-12-10-25)24-21(27)23-18-8-5-16(2)19(22)13-18/h3-8,13,20H,9-12,14H2,1-2H3,(H2,23,24,27)/p+1/t20-/m1/s1. The lowest BCUT2D eigenvalue weighted by Crippen LogP contribution is -3.14. The lowest BCUT2D eigenvalue weighted by molar-refractivity contribution is -0.909. The molecule has 1 fully saturated rings. The van der Waals surface area contributed by atoms with E-state index in [1.807, 2.05) is 25.1 Å². The molecule has 0 aliphatic carbocycles. The van der Waals surface area contributed by atoms with Crippen molar-refractivity contribution >= 4 is 34.6 Å². The van der Waals surface area contributed by atoms with Gasteiger partial charge in [-0.1, -0.05) is 47.5 Å². The first-order chi connectivity index (χ1) is 13.0. The summed E-state index contributed by atoms with van der Waals surface area (Å²) < 4.78 is 5.49. The van der Waals surface area contributed by atoms with E-state index < -0.39 is 0 Å². The summed E-state index contributed by atoms with van der Waals surface area (Å²) in [7, 11) is 0. The largest absolute Gasteiger partial charge is 0.370 e. The normalized spacial score (nSPS) is 16.0. The van der Waals surface area contributed by atoms with Gasteiger partial charge in [-0.25, -0.2) is 0 Å². The van der Waals surface area contributed by atoms with Crippen molar-refractivity contribution in [3.63, 3.8) is 0 Å². The molecule has 4 nitrogen and oxygen atoms in total. The number of halogens is 1. The minimum absolute atomic E-state index is 0.139. The molecule has 1 heterocycles. The molecule has 0 aromatic heterocycles. The molecule has 27 heavy (non-hydrogen) atoms. The Bertz CT molecular complexity index is 775. The van der Waals surface area contributed by atoms with Crippen molar-refractivity contribution in [1.82, 2.24) is 5.32 Å². The number of quaternary nitrogens is 1. The molecule has 1 aliphatic rings. The number of benzene rings is 2. The van der Waals surface area contributed by atoms with Crippen LogP contribution in [0.25, 0.3) is 0 Å². The highest BCUT2D eigenvalue weighted by Gasteiger charge is 2.22. The monoisotopic (exact) mass is 404 g/mol. The highest BCUT2D eigenvalue weighted by atomic mass is 35.5. The summed E-state index contributed by atoms with van der Waals surface area (Å²) in [6, 6.07) is 14.7. The van der Waals surface area contributed by atoms with Crippen LogP contribution in [0.2, 0.25) is 5.02 Å². The summed E-state index contributed by atoms with van der Waals surface area (Å²) in [6.45, 7) is 8.74. The van der Waals surface area contributed by atoms with Crippen LogP contribution in [0.15, 0.2) is 42.5 Å². The number of morpholine rings is 1. The molecule has 144 valence electrons. The number of aryl methyl sites for hydroxylation is 2. The number of hydrogen-bond acceptors (Lipinski definition) is 2. The van der Waals surface area contributed by atoms with Crippen molar-refractivity contribution in [2.75, 3.05) is 38.2 Å². The van der Waals surface area contributed by atoms with Crippen molar-refractivity contribution in [2.45, 2.75) is 19.9 Å². The van der Waals surface area contributed by atoms with Gasteiger partial charge >= 0.3 is 0 Å². The third-order valence-corrected chi connectivity index (χ3v) is 5.53. The molecule has 1 atom stereocenters. The third-order valence-electron chi connectivity index (χ3n) is 4.91. The quantitative estimate of drug-likeness (QED) is 0.670. The van der Waals surface area contributed by atoms with Gasteiger partial charge in [-0.15, -0.1) is 0 Å². The average Bonchev–Trinajstić information content (AvgIpc) is 2.66. The SMILES string of the molecule is Cc1ccc([C@@H](C[NH+]2CCOCC2)NC(=S)Nc2ccc(C)c(Cl)c2)cc1. The zero-order chi connectivity index (χ0) is 19.2. The van der Waals surface area contributed by atoms with E-state index >= 15 is 0 Å². The second-order valence-corrected chi connectivity index (χ2v) is 7.91. The van der Waals surface area contributed by atoms with Crippen LogP contribution in [0.3, 0.4) is 0 Å². The van der Waals surface area contributed by atoms with Crippen LogP contribution >= 0.6 is 23.8 Å². The highest BCUT2D eigenvalue weighted by Crippen LogP contribution is 2.20. The topological polar surface area (TPSA) is 37.7 Å². The number of hydrogen-bond donors (Lipinski definition) is 3. The fraction of sp³-hybridized carbons (Fsp3) is 0.381. The van der Waals surface area contributed by atoms with Crippen molar-refractivity contribution in [2.24, 2.45) is 0 Å². The van der Waals surface area contributed by atoms with Crippen molar-refractivity contribution in [3.05, 3.63) is 64.2 Å². The van der Waals surface area contributed by atoms with Gasteiger partial charge < -0.3 is 20.3 Å². The van der Waals surface area contributed by atoms with E-state index in [2.05, 4.69) is 41.8 Å². The Morgan fingerprint density at radius 2 is 1.85 bits per heavy atom. The molecular formula is C21H27ClN3OS+. The minimum Gasteiger partial charge on any atom is -0.370 e. The summed E-state index contributed by atoms with van der Waals surface area (Å²) in [6.07, 6.45) is 0. The van der Waals surface area contributed by atoms with Crippen LogP contribution in [0.5, 0.6) is 0 Å². The molecule has 0 amide bonds. The number of ether oxygens (including phenoxy) is 1. The van der Waals surface area contributed by atoms with E-state index in [0.717, 1.165) is 49.1 Å². The van der Waals surface area contributed by atoms with Gasteiger partial charge in [0.1, 0.15) is 25.7 Å². The Hall–Kier alpha value is -1.66. The zero-order valence-electron chi connectivity index (χ0n) is 15.8. The van der Waals surface area contributed by atoms with E-state index in [1.165, 1.54) is 16.0 Å². The Labute approximate surface area is 171 Å². The fourth-order valence-corrected chi connectivity index (χ4v) is 3.64. The van der Waals surface area contributed by atoms with Crippen molar-refractivity contribution < 1.29 is 9.64 Å². The molecule has 0 radical (unpaired) electrons. The second-order valence-electron chi connectivity index (χ2n) is 7.09. The number of anilines is 1. The molecule has 0 unspecified atom stereocenters. The van der Waals surface area contributed by atoms with Crippen LogP contribution in [0.1, 0.15) is 22.7 Å². The highest BCUT2D eigenvalue weighted by molar-refractivity contribution is 7.80. The Kier molecular flexibility index (Phi) is 7.07. The number of rotatable bonds is 5. The number of nitrogens with one attached hydrogen (secondary N) is 3. The average molecular weight is 405 g/mol. The van der Waals surface area contributed by atoms with Gasteiger partial charge in [-0.3, -0.25) is 0 Å². The van der Waals surface area contributed by atoms with Gasteiger partial charge in [-0.05, 0) is 49.3 Å². The predicted molar refractivity (Wildman–Crippen MR) is 116 cm³/mol. The molecule has 3 rings (SSSR count). The Morgan fingerprint density at radius 3 is 2.52 bits per heavy atom. The minimum atomic E-state index is 0.139. The molecule has 1 aliphatic heterocycles. The lowest BCUT2D eigenvalue weighted by Gasteiger charge is -2.29. The maximum absolute atomic E-state index is 6.22. The molecule has 0 bridgehead atoms. The smallest absolute Gasteiger partial charge is 0.171 e. The zero-order valence-corrected chi connectivity index (χ0v) is 17.4. The maximum Gasteiger partial charge on any atom is 0.171 e. The number of thiocarbonyl (C=S) groups is 1.